The second-order valence-corrected chi connectivity index (χ2v) is 4.20. The SMILES string of the molecule is CCCCCOC(C(=O)OCC)c1ccccc1.O=C=O. The number of hydrogen-bond acceptors (Lipinski definition) is 5. The van der Waals surface area contributed by atoms with Gasteiger partial charge < -0.3 is 9.47 Å². The van der Waals surface area contributed by atoms with Gasteiger partial charge in [-0.2, -0.15) is 9.59 Å². The van der Waals surface area contributed by atoms with Gasteiger partial charge in [0.05, 0.1) is 6.61 Å². The van der Waals surface area contributed by atoms with E-state index in [1.54, 1.807) is 6.92 Å². The molecule has 0 aliphatic carbocycles. The number of carbonyl (C=O) groups is 1. The lowest BCUT2D eigenvalue weighted by Gasteiger charge is -2.16. The van der Waals surface area contributed by atoms with E-state index in [-0.39, 0.29) is 12.1 Å². The molecule has 0 aromatic heterocycles. The van der Waals surface area contributed by atoms with E-state index in [1.807, 2.05) is 30.3 Å². The monoisotopic (exact) mass is 294 g/mol. The lowest BCUT2D eigenvalue weighted by molar-refractivity contribution is -0.191. The van der Waals surface area contributed by atoms with Crippen molar-refractivity contribution in [2.24, 2.45) is 0 Å². The van der Waals surface area contributed by atoms with Gasteiger partial charge >= 0.3 is 12.1 Å². The maximum Gasteiger partial charge on any atom is 0.373 e. The standard InChI is InChI=1S/C15H22O3.CO2/c1-3-5-9-12-18-14(15(16)17-4-2)13-10-7-6-8-11-13;2-1-3/h6-8,10-11,14H,3-5,9,12H2,1-2H3;. The number of hydrogen-bond donors (Lipinski definition) is 0. The van der Waals surface area contributed by atoms with E-state index < -0.39 is 6.10 Å². The maximum absolute atomic E-state index is 11.9. The zero-order valence-corrected chi connectivity index (χ0v) is 12.5. The summed E-state index contributed by atoms with van der Waals surface area (Å²) in [6, 6.07) is 9.50. The first kappa shape index (κ1) is 19.0. The van der Waals surface area contributed by atoms with Crippen LogP contribution in [0, 0.1) is 0 Å². The molecular weight excluding hydrogens is 272 g/mol. The molecule has 0 heterocycles. The van der Waals surface area contributed by atoms with Gasteiger partial charge in [-0.3, -0.25) is 0 Å². The molecule has 1 aromatic carbocycles. The molecule has 21 heavy (non-hydrogen) atoms. The second kappa shape index (κ2) is 13.0. The van der Waals surface area contributed by atoms with Crippen molar-refractivity contribution in [2.75, 3.05) is 13.2 Å². The summed E-state index contributed by atoms with van der Waals surface area (Å²) in [5.41, 5.74) is 0.854. The predicted octanol–water partition coefficient (Wildman–Crippen LogP) is 2.91. The molecule has 0 saturated heterocycles. The smallest absolute Gasteiger partial charge is 0.373 e. The molecule has 0 N–H and O–H groups in total. The van der Waals surface area contributed by atoms with Crippen LogP contribution in [0.15, 0.2) is 30.3 Å². The van der Waals surface area contributed by atoms with Crippen molar-refractivity contribution in [1.82, 2.24) is 0 Å². The average Bonchev–Trinajstić information content (AvgIpc) is 2.49. The van der Waals surface area contributed by atoms with E-state index in [0.717, 1.165) is 24.8 Å². The fourth-order valence-corrected chi connectivity index (χ4v) is 1.70. The molecule has 0 saturated carbocycles. The molecular formula is C16H22O5. The van der Waals surface area contributed by atoms with Gasteiger partial charge in [0.2, 0.25) is 0 Å². The van der Waals surface area contributed by atoms with Crippen LogP contribution in [-0.2, 0) is 23.9 Å². The van der Waals surface area contributed by atoms with Crippen LogP contribution in [0.5, 0.6) is 0 Å². The third kappa shape index (κ3) is 8.74. The Hall–Kier alpha value is -1.97. The number of rotatable bonds is 8. The van der Waals surface area contributed by atoms with Crippen LogP contribution in [-0.4, -0.2) is 25.3 Å². The van der Waals surface area contributed by atoms with E-state index in [2.05, 4.69) is 6.92 Å². The third-order valence-electron chi connectivity index (χ3n) is 2.64. The van der Waals surface area contributed by atoms with Crippen LogP contribution in [0.25, 0.3) is 0 Å². The zero-order chi connectivity index (χ0) is 15.9. The fourth-order valence-electron chi connectivity index (χ4n) is 1.70. The molecule has 5 heteroatoms. The quantitative estimate of drug-likeness (QED) is 0.544. The van der Waals surface area contributed by atoms with Gasteiger partial charge in [0.1, 0.15) is 0 Å². The molecule has 0 spiro atoms. The molecule has 0 bridgehead atoms. The first-order valence-electron chi connectivity index (χ1n) is 7.03. The lowest BCUT2D eigenvalue weighted by Crippen LogP contribution is -2.19. The molecule has 0 aliphatic heterocycles. The summed E-state index contributed by atoms with van der Waals surface area (Å²) in [6.07, 6.45) is 2.88. The molecule has 5 nitrogen and oxygen atoms in total. The molecule has 1 atom stereocenters. The van der Waals surface area contributed by atoms with Gasteiger partial charge in [-0.05, 0) is 18.9 Å². The Morgan fingerprint density at radius 2 is 1.76 bits per heavy atom. The van der Waals surface area contributed by atoms with Crippen LogP contribution in [0.1, 0.15) is 44.8 Å². The number of ether oxygens (including phenoxy) is 2. The van der Waals surface area contributed by atoms with Gasteiger partial charge in [0, 0.05) is 6.61 Å². The molecule has 0 fully saturated rings. The lowest BCUT2D eigenvalue weighted by atomic mass is 10.1. The topological polar surface area (TPSA) is 69.7 Å². The van der Waals surface area contributed by atoms with Crippen molar-refractivity contribution in [2.45, 2.75) is 39.2 Å². The van der Waals surface area contributed by atoms with Crippen LogP contribution >= 0.6 is 0 Å². The van der Waals surface area contributed by atoms with Gasteiger partial charge in [-0.25, -0.2) is 4.79 Å². The van der Waals surface area contributed by atoms with E-state index in [4.69, 9.17) is 19.1 Å². The summed E-state index contributed by atoms with van der Waals surface area (Å²) >= 11 is 0. The number of carbonyl (C=O) groups excluding carboxylic acids is 3. The first-order chi connectivity index (χ1) is 10.2. The highest BCUT2D eigenvalue weighted by molar-refractivity contribution is 5.76. The van der Waals surface area contributed by atoms with E-state index >= 15 is 0 Å². The fraction of sp³-hybridized carbons (Fsp3) is 0.500. The Labute approximate surface area is 125 Å². The Morgan fingerprint density at radius 3 is 2.29 bits per heavy atom. The minimum absolute atomic E-state index is 0.250. The normalized spacial score (nSPS) is 10.8. The highest BCUT2D eigenvalue weighted by Crippen LogP contribution is 2.19. The van der Waals surface area contributed by atoms with Crippen LogP contribution in [0.4, 0.5) is 0 Å². The summed E-state index contributed by atoms with van der Waals surface area (Å²) in [4.78, 5) is 28.1. The molecule has 0 radical (unpaired) electrons. The van der Waals surface area contributed by atoms with E-state index in [1.165, 1.54) is 0 Å². The zero-order valence-electron chi connectivity index (χ0n) is 12.5. The summed E-state index contributed by atoms with van der Waals surface area (Å²) in [5.74, 6) is -0.305. The van der Waals surface area contributed by atoms with Gasteiger partial charge in [0.15, 0.2) is 6.10 Å². The van der Waals surface area contributed by atoms with Crippen molar-refractivity contribution in [3.05, 3.63) is 35.9 Å². The number of esters is 1. The predicted molar refractivity (Wildman–Crippen MR) is 76.3 cm³/mol. The van der Waals surface area contributed by atoms with E-state index in [0.29, 0.717) is 13.2 Å². The first-order valence-corrected chi connectivity index (χ1v) is 7.03. The third-order valence-corrected chi connectivity index (χ3v) is 2.64. The molecule has 1 aromatic rings. The number of benzene rings is 1. The van der Waals surface area contributed by atoms with Gasteiger partial charge in [-0.1, -0.05) is 50.1 Å². The van der Waals surface area contributed by atoms with E-state index in [9.17, 15) is 4.79 Å². The molecule has 0 amide bonds. The van der Waals surface area contributed by atoms with Crippen LogP contribution in [0.3, 0.4) is 0 Å². The summed E-state index contributed by atoms with van der Waals surface area (Å²) < 4.78 is 10.7. The Morgan fingerprint density at radius 1 is 1.14 bits per heavy atom. The molecule has 116 valence electrons. The molecule has 0 aliphatic rings. The average molecular weight is 294 g/mol. The second-order valence-electron chi connectivity index (χ2n) is 4.20. The summed E-state index contributed by atoms with van der Waals surface area (Å²) in [7, 11) is 0. The summed E-state index contributed by atoms with van der Waals surface area (Å²) in [6.45, 7) is 4.91. The van der Waals surface area contributed by atoms with Crippen molar-refractivity contribution < 1.29 is 23.9 Å². The highest BCUT2D eigenvalue weighted by atomic mass is 16.6. The van der Waals surface area contributed by atoms with Crippen LogP contribution < -0.4 is 0 Å². The van der Waals surface area contributed by atoms with Crippen molar-refractivity contribution in [1.29, 1.82) is 0 Å². The van der Waals surface area contributed by atoms with Crippen molar-refractivity contribution in [3.8, 4) is 0 Å². The molecule has 1 unspecified atom stereocenters. The summed E-state index contributed by atoms with van der Waals surface area (Å²) in [5, 5.41) is 0. The van der Waals surface area contributed by atoms with Crippen molar-refractivity contribution in [3.63, 3.8) is 0 Å². The van der Waals surface area contributed by atoms with Crippen LogP contribution in [0.2, 0.25) is 0 Å². The maximum atomic E-state index is 11.9. The minimum atomic E-state index is -0.594. The van der Waals surface area contributed by atoms with Gasteiger partial charge in [-0.15, -0.1) is 0 Å². The number of unbranched alkanes of at least 4 members (excludes halogenated alkanes) is 2. The molecule has 1 rings (SSSR count). The van der Waals surface area contributed by atoms with Gasteiger partial charge in [0.25, 0.3) is 0 Å². The van der Waals surface area contributed by atoms with Crippen molar-refractivity contribution >= 4 is 12.1 Å². The largest absolute Gasteiger partial charge is 0.464 e. The highest BCUT2D eigenvalue weighted by Gasteiger charge is 2.22. The Bertz CT molecular complexity index is 410. The Balaban J connectivity index is 0.00000122. The Kier molecular flexibility index (Phi) is 11.8. The minimum Gasteiger partial charge on any atom is -0.464 e.